The summed E-state index contributed by atoms with van der Waals surface area (Å²) in [5.41, 5.74) is 0.497. The Hall–Kier alpha value is -2.76. The van der Waals surface area contributed by atoms with E-state index in [-0.39, 0.29) is 42.1 Å². The molecule has 0 aliphatic carbocycles. The van der Waals surface area contributed by atoms with E-state index in [0.717, 1.165) is 6.20 Å². The highest BCUT2D eigenvalue weighted by atomic mass is 79.9. The zero-order valence-corrected chi connectivity index (χ0v) is 20.3. The topological polar surface area (TPSA) is 82.0 Å². The molecule has 2 heterocycles. The summed E-state index contributed by atoms with van der Waals surface area (Å²) in [5.74, 6) is -3.06. The van der Waals surface area contributed by atoms with Crippen molar-refractivity contribution in [1.29, 1.82) is 0 Å². The maximum atomic E-state index is 14.5. The fraction of sp³-hybridized carbons (Fsp3) is 0.348. The summed E-state index contributed by atoms with van der Waals surface area (Å²) in [6.07, 6.45) is 0.873. The quantitative estimate of drug-likeness (QED) is 0.378. The van der Waals surface area contributed by atoms with Gasteiger partial charge in [0.2, 0.25) is 0 Å². The largest absolute Gasteiger partial charge is 0.466 e. The number of ether oxygens (including phenoxy) is 3. The average Bonchev–Trinajstić information content (AvgIpc) is 2.77. The van der Waals surface area contributed by atoms with E-state index >= 15 is 0 Å². The van der Waals surface area contributed by atoms with Crippen LogP contribution in [0.4, 0.5) is 13.2 Å². The maximum Gasteiger partial charge on any atom is 0.338 e. The number of halogens is 4. The van der Waals surface area contributed by atoms with Crippen LogP contribution < -0.4 is 5.32 Å². The molecule has 0 radical (unpaired) electrons. The lowest BCUT2D eigenvalue weighted by Crippen LogP contribution is -2.36. The van der Waals surface area contributed by atoms with Gasteiger partial charge in [0.15, 0.2) is 11.7 Å². The van der Waals surface area contributed by atoms with E-state index in [0.29, 0.717) is 22.7 Å². The normalized spacial score (nSPS) is 15.9. The Balaban J connectivity index is 2.05. The summed E-state index contributed by atoms with van der Waals surface area (Å²) in [6.45, 7) is 4.22. The Morgan fingerprint density at radius 3 is 2.59 bits per heavy atom. The number of pyridine rings is 1. The highest BCUT2D eigenvalue weighted by Gasteiger charge is 2.34. The van der Waals surface area contributed by atoms with Crippen molar-refractivity contribution in [1.82, 2.24) is 10.3 Å². The minimum absolute atomic E-state index is 0.0210. The van der Waals surface area contributed by atoms with Gasteiger partial charge in [-0.2, -0.15) is 0 Å². The first-order chi connectivity index (χ1) is 16.2. The van der Waals surface area contributed by atoms with Crippen molar-refractivity contribution in [2.45, 2.75) is 26.0 Å². The Kier molecular flexibility index (Phi) is 8.81. The lowest BCUT2D eigenvalue weighted by molar-refractivity contribution is -0.136. The Morgan fingerprint density at radius 1 is 1.18 bits per heavy atom. The summed E-state index contributed by atoms with van der Waals surface area (Å²) in [5, 5.41) is 2.87. The predicted octanol–water partition coefficient (Wildman–Crippen LogP) is 4.22. The molecule has 0 amide bonds. The molecule has 34 heavy (non-hydrogen) atoms. The number of amidine groups is 1. The number of carbonyl (C=O) groups is 1. The van der Waals surface area contributed by atoms with Crippen LogP contribution in [0.2, 0.25) is 0 Å². The van der Waals surface area contributed by atoms with Gasteiger partial charge in [0, 0.05) is 10.5 Å². The lowest BCUT2D eigenvalue weighted by atomic mass is 9.95. The summed E-state index contributed by atoms with van der Waals surface area (Å²) in [4.78, 5) is 21.0. The summed E-state index contributed by atoms with van der Waals surface area (Å²) in [6, 6.07) is 3.53. The van der Waals surface area contributed by atoms with E-state index in [9.17, 15) is 18.0 Å². The zero-order valence-electron chi connectivity index (χ0n) is 18.7. The van der Waals surface area contributed by atoms with Gasteiger partial charge >= 0.3 is 5.97 Å². The Morgan fingerprint density at radius 2 is 1.94 bits per heavy atom. The first-order valence-corrected chi connectivity index (χ1v) is 11.1. The van der Waals surface area contributed by atoms with Crippen LogP contribution in [0, 0.1) is 17.5 Å². The van der Waals surface area contributed by atoms with Gasteiger partial charge in [-0.15, -0.1) is 0 Å². The van der Waals surface area contributed by atoms with E-state index in [1.165, 1.54) is 25.3 Å². The lowest BCUT2D eigenvalue weighted by Gasteiger charge is -2.28. The van der Waals surface area contributed by atoms with Crippen LogP contribution >= 0.6 is 15.9 Å². The van der Waals surface area contributed by atoms with Crippen LogP contribution in [0.3, 0.4) is 0 Å². The van der Waals surface area contributed by atoms with Crippen LogP contribution in [-0.2, 0) is 19.0 Å². The molecule has 1 N–H and O–H groups in total. The van der Waals surface area contributed by atoms with Gasteiger partial charge < -0.3 is 19.5 Å². The molecule has 0 saturated heterocycles. The molecule has 0 bridgehead atoms. The van der Waals surface area contributed by atoms with Gasteiger partial charge in [-0.25, -0.2) is 22.9 Å². The number of nitrogens with one attached hydrogen (secondary N) is 1. The number of carbonyl (C=O) groups excluding carboxylic acids is 1. The molecule has 1 aliphatic heterocycles. The van der Waals surface area contributed by atoms with Crippen molar-refractivity contribution in [2.24, 2.45) is 4.99 Å². The second kappa shape index (κ2) is 11.6. The third kappa shape index (κ3) is 6.22. The van der Waals surface area contributed by atoms with Crippen molar-refractivity contribution in [3.05, 3.63) is 74.9 Å². The standard InChI is InChI=1S/C23H23BrF3N3O4/c1-12(2)34-7-6-33-11-18-19(23(31)32-3)20(15-5-4-13(25)8-16(15)24)30-22(29-18)21-17(27)9-14(26)10-28-21/h4-5,8-10,12,20H,6-7,11H2,1-3H3,(H,29,30). The number of hydrogen-bond acceptors (Lipinski definition) is 7. The van der Waals surface area contributed by atoms with Gasteiger partial charge in [-0.3, -0.25) is 4.99 Å². The third-order valence-corrected chi connectivity index (χ3v) is 5.43. The highest BCUT2D eigenvalue weighted by molar-refractivity contribution is 9.10. The van der Waals surface area contributed by atoms with Crippen molar-refractivity contribution in [3.8, 4) is 0 Å². The highest BCUT2D eigenvalue weighted by Crippen LogP contribution is 2.36. The molecule has 11 heteroatoms. The van der Waals surface area contributed by atoms with Crippen LogP contribution in [0.1, 0.15) is 31.1 Å². The summed E-state index contributed by atoms with van der Waals surface area (Å²) in [7, 11) is 1.21. The van der Waals surface area contributed by atoms with Gasteiger partial charge in [-0.05, 0) is 31.5 Å². The number of benzene rings is 1. The predicted molar refractivity (Wildman–Crippen MR) is 122 cm³/mol. The molecule has 182 valence electrons. The van der Waals surface area contributed by atoms with Gasteiger partial charge in [-0.1, -0.05) is 22.0 Å². The number of hydrogen-bond donors (Lipinski definition) is 1. The minimum Gasteiger partial charge on any atom is -0.466 e. The molecule has 1 aromatic heterocycles. The van der Waals surface area contributed by atoms with Crippen molar-refractivity contribution < 1.29 is 32.2 Å². The molecule has 0 saturated carbocycles. The molecule has 0 spiro atoms. The molecule has 1 unspecified atom stereocenters. The van der Waals surface area contributed by atoms with E-state index in [1.807, 2.05) is 13.8 Å². The molecule has 0 fully saturated rings. The summed E-state index contributed by atoms with van der Waals surface area (Å²) >= 11 is 3.30. The second-order valence-corrected chi connectivity index (χ2v) is 8.37. The first-order valence-electron chi connectivity index (χ1n) is 10.3. The molecular weight excluding hydrogens is 519 g/mol. The molecule has 1 aromatic carbocycles. The second-order valence-electron chi connectivity index (χ2n) is 7.51. The van der Waals surface area contributed by atoms with E-state index in [1.54, 1.807) is 0 Å². The fourth-order valence-corrected chi connectivity index (χ4v) is 3.80. The van der Waals surface area contributed by atoms with Gasteiger partial charge in [0.25, 0.3) is 0 Å². The van der Waals surface area contributed by atoms with Crippen LogP contribution in [0.5, 0.6) is 0 Å². The fourth-order valence-electron chi connectivity index (χ4n) is 3.23. The molecule has 7 nitrogen and oxygen atoms in total. The number of aliphatic imine (C=N–C) groups is 1. The molecule has 1 aliphatic rings. The molecular formula is C23H23BrF3N3O4. The first kappa shape index (κ1) is 25.9. The number of nitrogens with zero attached hydrogens (tertiary/aromatic N) is 2. The molecule has 1 atom stereocenters. The summed E-state index contributed by atoms with van der Waals surface area (Å²) < 4.78 is 58.1. The number of methoxy groups -OCH3 is 1. The zero-order chi connectivity index (χ0) is 24.8. The maximum absolute atomic E-state index is 14.5. The van der Waals surface area contributed by atoms with Crippen molar-refractivity contribution in [3.63, 3.8) is 0 Å². The number of rotatable bonds is 9. The number of aromatic nitrogens is 1. The van der Waals surface area contributed by atoms with E-state index in [4.69, 9.17) is 14.2 Å². The molecule has 2 aromatic rings. The molecule has 3 rings (SSSR count). The monoisotopic (exact) mass is 541 g/mol. The SMILES string of the molecule is COC(=O)C1=C(COCCOC(C)C)NC(c2ncc(F)cc2F)=NC1c1ccc(F)cc1Br. The minimum atomic E-state index is -1.02. The van der Waals surface area contributed by atoms with E-state index in [2.05, 4.69) is 31.2 Å². The van der Waals surface area contributed by atoms with Crippen molar-refractivity contribution in [2.75, 3.05) is 26.9 Å². The van der Waals surface area contributed by atoms with Gasteiger partial charge in [0.05, 0.1) is 50.5 Å². The number of esters is 1. The van der Waals surface area contributed by atoms with Crippen molar-refractivity contribution >= 4 is 27.7 Å². The van der Waals surface area contributed by atoms with E-state index < -0.39 is 29.5 Å². The average molecular weight is 542 g/mol. The van der Waals surface area contributed by atoms with Crippen LogP contribution in [0.15, 0.2) is 51.2 Å². The van der Waals surface area contributed by atoms with Crippen LogP contribution in [0.25, 0.3) is 0 Å². The third-order valence-electron chi connectivity index (χ3n) is 4.75. The van der Waals surface area contributed by atoms with Gasteiger partial charge in [0.1, 0.15) is 23.4 Å². The Labute approximate surface area is 203 Å². The Bertz CT molecular complexity index is 1120. The van der Waals surface area contributed by atoms with Crippen LogP contribution in [-0.4, -0.2) is 49.8 Å². The smallest absolute Gasteiger partial charge is 0.338 e.